The van der Waals surface area contributed by atoms with Crippen molar-refractivity contribution in [3.8, 4) is 0 Å². The lowest BCUT2D eigenvalue weighted by Crippen LogP contribution is -2.36. The van der Waals surface area contributed by atoms with E-state index in [9.17, 15) is 4.79 Å². The fourth-order valence-corrected chi connectivity index (χ4v) is 2.86. The molecule has 4 nitrogen and oxygen atoms in total. The van der Waals surface area contributed by atoms with Crippen LogP contribution in [0.15, 0.2) is 30.3 Å². The lowest BCUT2D eigenvalue weighted by molar-refractivity contribution is 0.0734. The van der Waals surface area contributed by atoms with Gasteiger partial charge in [0.25, 0.3) is 5.91 Å². The van der Waals surface area contributed by atoms with Crippen LogP contribution in [0.3, 0.4) is 0 Å². The van der Waals surface area contributed by atoms with Gasteiger partial charge in [0, 0.05) is 24.5 Å². The predicted octanol–water partition coefficient (Wildman–Crippen LogP) is 2.48. The summed E-state index contributed by atoms with van der Waals surface area (Å²) in [6.07, 6.45) is 0.852. The molecule has 21 heavy (non-hydrogen) atoms. The quantitative estimate of drug-likeness (QED) is 0.817. The number of nitrogens with zero attached hydrogens (tertiary/aromatic N) is 2. The molecule has 1 aromatic heterocycles. The van der Waals surface area contributed by atoms with E-state index in [4.69, 9.17) is 5.73 Å². The minimum Gasteiger partial charge on any atom is -0.398 e. The molecule has 1 aliphatic heterocycles. The second-order valence-electron chi connectivity index (χ2n) is 5.55. The summed E-state index contributed by atoms with van der Waals surface area (Å²) in [5, 5.41) is 0. The Morgan fingerprint density at radius 3 is 2.81 bits per heavy atom. The number of nitrogens with two attached hydrogens (primary N) is 1. The van der Waals surface area contributed by atoms with Gasteiger partial charge in [0.2, 0.25) is 0 Å². The van der Waals surface area contributed by atoms with Crippen molar-refractivity contribution < 1.29 is 4.79 Å². The van der Waals surface area contributed by atoms with Crippen molar-refractivity contribution in [1.29, 1.82) is 0 Å². The van der Waals surface area contributed by atoms with E-state index in [1.165, 1.54) is 5.56 Å². The standard InChI is InChI=1S/C17H19N3O/c1-11-6-7-14(12(2)19-11)17(21)20-9-8-13-4-3-5-16(18)15(13)10-20/h3-7H,8-10,18H2,1-2H3. The van der Waals surface area contributed by atoms with Crippen LogP contribution in [0.5, 0.6) is 0 Å². The summed E-state index contributed by atoms with van der Waals surface area (Å²) in [5.74, 6) is 0.0360. The average molecular weight is 281 g/mol. The minimum absolute atomic E-state index is 0.0360. The Labute approximate surface area is 124 Å². The van der Waals surface area contributed by atoms with E-state index in [0.717, 1.165) is 35.6 Å². The van der Waals surface area contributed by atoms with E-state index >= 15 is 0 Å². The second-order valence-corrected chi connectivity index (χ2v) is 5.55. The number of fused-ring (bicyclic) bond motifs is 1. The molecule has 0 saturated heterocycles. The third-order valence-electron chi connectivity index (χ3n) is 4.05. The van der Waals surface area contributed by atoms with Crippen molar-refractivity contribution in [1.82, 2.24) is 9.88 Å². The van der Waals surface area contributed by atoms with Gasteiger partial charge in [-0.15, -0.1) is 0 Å². The van der Waals surface area contributed by atoms with Gasteiger partial charge in [-0.25, -0.2) is 0 Å². The third-order valence-corrected chi connectivity index (χ3v) is 4.05. The first-order valence-electron chi connectivity index (χ1n) is 7.16. The van der Waals surface area contributed by atoms with Gasteiger partial charge in [-0.05, 0) is 49.6 Å². The molecule has 0 aliphatic carbocycles. The molecular weight excluding hydrogens is 262 g/mol. The highest BCUT2D eigenvalue weighted by atomic mass is 16.2. The van der Waals surface area contributed by atoms with E-state index in [0.29, 0.717) is 12.1 Å². The highest BCUT2D eigenvalue weighted by molar-refractivity contribution is 5.95. The average Bonchev–Trinajstić information content (AvgIpc) is 2.47. The Bertz CT molecular complexity index is 709. The number of anilines is 1. The van der Waals surface area contributed by atoms with Crippen LogP contribution >= 0.6 is 0 Å². The Kier molecular flexibility index (Phi) is 3.37. The number of aromatic nitrogens is 1. The molecule has 1 aromatic carbocycles. The summed E-state index contributed by atoms with van der Waals surface area (Å²) in [5.41, 5.74) is 11.5. The first kappa shape index (κ1) is 13.6. The number of carbonyl (C=O) groups is 1. The zero-order valence-electron chi connectivity index (χ0n) is 12.4. The molecule has 0 atom stereocenters. The van der Waals surface area contributed by atoms with E-state index in [-0.39, 0.29) is 5.91 Å². The fourth-order valence-electron chi connectivity index (χ4n) is 2.86. The van der Waals surface area contributed by atoms with Gasteiger partial charge in [0.1, 0.15) is 0 Å². The molecule has 3 rings (SSSR count). The molecule has 2 heterocycles. The van der Waals surface area contributed by atoms with Crippen LogP contribution < -0.4 is 5.73 Å². The van der Waals surface area contributed by atoms with E-state index in [2.05, 4.69) is 11.1 Å². The summed E-state index contributed by atoms with van der Waals surface area (Å²) < 4.78 is 0. The monoisotopic (exact) mass is 281 g/mol. The Balaban J connectivity index is 1.89. The van der Waals surface area contributed by atoms with Crippen molar-refractivity contribution in [2.75, 3.05) is 12.3 Å². The molecule has 1 aliphatic rings. The number of hydrogen-bond acceptors (Lipinski definition) is 3. The van der Waals surface area contributed by atoms with Crippen LogP contribution in [0.2, 0.25) is 0 Å². The molecule has 0 unspecified atom stereocenters. The van der Waals surface area contributed by atoms with Crippen LogP contribution in [0, 0.1) is 13.8 Å². The molecule has 2 aromatic rings. The molecule has 0 spiro atoms. The SMILES string of the molecule is Cc1ccc(C(=O)N2CCc3cccc(N)c3C2)c(C)n1. The Hall–Kier alpha value is -2.36. The number of benzene rings is 1. The Morgan fingerprint density at radius 2 is 2.05 bits per heavy atom. The lowest BCUT2D eigenvalue weighted by Gasteiger charge is -2.30. The number of amides is 1. The van der Waals surface area contributed by atoms with Crippen molar-refractivity contribution in [2.45, 2.75) is 26.8 Å². The zero-order chi connectivity index (χ0) is 15.0. The molecule has 4 heteroatoms. The second kappa shape index (κ2) is 5.20. The fraction of sp³-hybridized carbons (Fsp3) is 0.294. The van der Waals surface area contributed by atoms with Crippen LogP contribution in [-0.2, 0) is 13.0 Å². The van der Waals surface area contributed by atoms with E-state index in [1.54, 1.807) is 0 Å². The number of pyridine rings is 1. The van der Waals surface area contributed by atoms with Crippen LogP contribution in [0.1, 0.15) is 32.9 Å². The number of nitrogen functional groups attached to an aromatic ring is 1. The molecule has 0 bridgehead atoms. The van der Waals surface area contributed by atoms with Crippen LogP contribution in [0.4, 0.5) is 5.69 Å². The third kappa shape index (κ3) is 2.49. The summed E-state index contributed by atoms with van der Waals surface area (Å²) in [6, 6.07) is 9.70. The summed E-state index contributed by atoms with van der Waals surface area (Å²) >= 11 is 0. The van der Waals surface area contributed by atoms with Gasteiger partial charge in [-0.3, -0.25) is 9.78 Å². The summed E-state index contributed by atoms with van der Waals surface area (Å²) in [6.45, 7) is 5.11. The number of hydrogen-bond donors (Lipinski definition) is 1. The predicted molar refractivity (Wildman–Crippen MR) is 83.0 cm³/mol. The first-order chi connectivity index (χ1) is 10.1. The first-order valence-corrected chi connectivity index (χ1v) is 7.16. The molecule has 0 saturated carbocycles. The van der Waals surface area contributed by atoms with Crippen molar-refractivity contribution in [3.63, 3.8) is 0 Å². The smallest absolute Gasteiger partial charge is 0.256 e. The molecule has 108 valence electrons. The van der Waals surface area contributed by atoms with E-state index in [1.807, 2.05) is 43.0 Å². The van der Waals surface area contributed by atoms with Gasteiger partial charge in [0.15, 0.2) is 0 Å². The molecule has 1 amide bonds. The van der Waals surface area contributed by atoms with Gasteiger partial charge >= 0.3 is 0 Å². The highest BCUT2D eigenvalue weighted by Crippen LogP contribution is 2.25. The van der Waals surface area contributed by atoms with Crippen molar-refractivity contribution in [2.24, 2.45) is 0 Å². The maximum Gasteiger partial charge on any atom is 0.256 e. The largest absolute Gasteiger partial charge is 0.398 e. The molecule has 2 N–H and O–H groups in total. The lowest BCUT2D eigenvalue weighted by atomic mass is 9.97. The number of carbonyl (C=O) groups excluding carboxylic acids is 1. The molecular formula is C17H19N3O. The minimum atomic E-state index is 0.0360. The maximum atomic E-state index is 12.7. The van der Waals surface area contributed by atoms with E-state index < -0.39 is 0 Å². The summed E-state index contributed by atoms with van der Waals surface area (Å²) in [4.78, 5) is 18.9. The van der Waals surface area contributed by atoms with Gasteiger partial charge in [-0.2, -0.15) is 0 Å². The normalized spacial score (nSPS) is 13.9. The van der Waals surface area contributed by atoms with Gasteiger partial charge in [0.05, 0.1) is 11.3 Å². The molecule has 0 fully saturated rings. The number of rotatable bonds is 1. The molecule has 0 radical (unpaired) electrons. The zero-order valence-corrected chi connectivity index (χ0v) is 12.4. The Morgan fingerprint density at radius 1 is 1.24 bits per heavy atom. The van der Waals surface area contributed by atoms with Crippen LogP contribution in [0.25, 0.3) is 0 Å². The van der Waals surface area contributed by atoms with Crippen molar-refractivity contribution in [3.05, 3.63) is 58.4 Å². The summed E-state index contributed by atoms with van der Waals surface area (Å²) in [7, 11) is 0. The van der Waals surface area contributed by atoms with Gasteiger partial charge < -0.3 is 10.6 Å². The van der Waals surface area contributed by atoms with Crippen LogP contribution in [-0.4, -0.2) is 22.3 Å². The van der Waals surface area contributed by atoms with Crippen molar-refractivity contribution >= 4 is 11.6 Å². The topological polar surface area (TPSA) is 59.2 Å². The maximum absolute atomic E-state index is 12.7. The highest BCUT2D eigenvalue weighted by Gasteiger charge is 2.24. The number of aryl methyl sites for hydroxylation is 2. The van der Waals surface area contributed by atoms with Gasteiger partial charge in [-0.1, -0.05) is 12.1 Å².